The fourth-order valence-corrected chi connectivity index (χ4v) is 7.83. The number of amides is 2. The summed E-state index contributed by atoms with van der Waals surface area (Å²) in [6.45, 7) is 5.95. The Hall–Kier alpha value is -3.46. The van der Waals surface area contributed by atoms with E-state index in [9.17, 15) is 14.9 Å². The highest BCUT2D eigenvalue weighted by Gasteiger charge is 2.53. The number of hydrogen-bond donors (Lipinski definition) is 0. The second-order valence-electron chi connectivity index (χ2n) is 12.2. The summed E-state index contributed by atoms with van der Waals surface area (Å²) in [5, 5.41) is 15.0. The van der Waals surface area contributed by atoms with Crippen LogP contribution in [0.5, 0.6) is 0 Å². The third kappa shape index (κ3) is 3.96. The highest BCUT2D eigenvalue weighted by atomic mass is 16.2. The van der Waals surface area contributed by atoms with Crippen LogP contribution < -0.4 is 0 Å². The standard InChI is InChI=1S/C31H34N4O2/c1-19(2)17-34-29(36)26(20(3)27(16-32)30(34)37)12-24-18-35(25-7-5-4-6-8-25)33-28(24)31-13-21-9-22(14-31)11-23(10-21)15-31/h4-8,12,18-19,21-23H,9-11,13-15,17H2,1-3H3/b26-12+. The van der Waals surface area contributed by atoms with Crippen LogP contribution in [0.1, 0.15) is 70.6 Å². The van der Waals surface area contributed by atoms with E-state index in [-0.39, 0.29) is 22.8 Å². The van der Waals surface area contributed by atoms with Crippen LogP contribution >= 0.6 is 0 Å². The zero-order valence-corrected chi connectivity index (χ0v) is 21.9. The van der Waals surface area contributed by atoms with Gasteiger partial charge in [0.05, 0.1) is 11.4 Å². The molecule has 6 nitrogen and oxygen atoms in total. The second kappa shape index (κ2) is 8.83. The van der Waals surface area contributed by atoms with Crippen molar-refractivity contribution >= 4 is 17.9 Å². The molecule has 190 valence electrons. The molecule has 2 aromatic rings. The van der Waals surface area contributed by atoms with Crippen LogP contribution in [0.3, 0.4) is 0 Å². The van der Waals surface area contributed by atoms with Crippen molar-refractivity contribution in [1.29, 1.82) is 5.26 Å². The average molecular weight is 495 g/mol. The molecule has 2 amide bonds. The van der Waals surface area contributed by atoms with Crippen LogP contribution in [0.2, 0.25) is 0 Å². The van der Waals surface area contributed by atoms with Gasteiger partial charge in [0.25, 0.3) is 11.8 Å². The first-order valence-corrected chi connectivity index (χ1v) is 13.6. The zero-order chi connectivity index (χ0) is 25.9. The minimum atomic E-state index is -0.489. The normalized spacial score (nSPS) is 30.1. The summed E-state index contributed by atoms with van der Waals surface area (Å²) in [4.78, 5) is 27.9. The Balaban J connectivity index is 1.51. The molecular formula is C31H34N4O2. The third-order valence-electron chi connectivity index (χ3n) is 8.98. The fourth-order valence-electron chi connectivity index (χ4n) is 7.83. The number of rotatable bonds is 5. The van der Waals surface area contributed by atoms with Gasteiger partial charge in [0.15, 0.2) is 0 Å². The SMILES string of the molecule is CC1=C(C#N)C(=O)N(CC(C)C)C(=O)/C1=C/c1cn(-c2ccccc2)nc1C12CC3CC(CC(C3)C1)C2. The molecule has 0 saturated heterocycles. The molecule has 1 aromatic carbocycles. The summed E-state index contributed by atoms with van der Waals surface area (Å²) in [6, 6.07) is 12.2. The number of nitrogens with zero attached hydrogens (tertiary/aromatic N) is 4. The van der Waals surface area contributed by atoms with Crippen LogP contribution in [0.15, 0.2) is 53.2 Å². The molecule has 7 rings (SSSR count). The van der Waals surface area contributed by atoms with Crippen molar-refractivity contribution in [3.63, 3.8) is 0 Å². The van der Waals surface area contributed by atoms with E-state index in [4.69, 9.17) is 5.10 Å². The molecule has 4 saturated carbocycles. The maximum Gasteiger partial charge on any atom is 0.271 e. The first kappa shape index (κ1) is 23.9. The zero-order valence-electron chi connectivity index (χ0n) is 21.9. The van der Waals surface area contributed by atoms with Gasteiger partial charge >= 0.3 is 0 Å². The van der Waals surface area contributed by atoms with Crippen LogP contribution in [0.4, 0.5) is 0 Å². The van der Waals surface area contributed by atoms with Gasteiger partial charge < -0.3 is 0 Å². The number of carbonyl (C=O) groups excluding carboxylic acids is 2. The molecule has 0 spiro atoms. The molecule has 1 aromatic heterocycles. The minimum absolute atomic E-state index is 0.0298. The first-order valence-electron chi connectivity index (χ1n) is 13.6. The Morgan fingerprint density at radius 3 is 2.24 bits per heavy atom. The largest absolute Gasteiger partial charge is 0.273 e. The van der Waals surface area contributed by atoms with Gasteiger partial charge in [-0.1, -0.05) is 32.0 Å². The van der Waals surface area contributed by atoms with E-state index in [2.05, 4.69) is 6.07 Å². The molecule has 0 radical (unpaired) electrons. The van der Waals surface area contributed by atoms with Crippen LogP contribution in [0.25, 0.3) is 11.8 Å². The van der Waals surface area contributed by atoms with Gasteiger partial charge in [0, 0.05) is 29.3 Å². The maximum absolute atomic E-state index is 13.6. The predicted molar refractivity (Wildman–Crippen MR) is 141 cm³/mol. The van der Waals surface area contributed by atoms with E-state index in [1.165, 1.54) is 24.2 Å². The van der Waals surface area contributed by atoms with E-state index < -0.39 is 5.91 Å². The molecule has 4 aliphatic carbocycles. The number of imide groups is 1. The van der Waals surface area contributed by atoms with E-state index >= 15 is 0 Å². The number of para-hydroxylation sites is 1. The highest BCUT2D eigenvalue weighted by Crippen LogP contribution is 2.61. The lowest BCUT2D eigenvalue weighted by Crippen LogP contribution is -2.49. The van der Waals surface area contributed by atoms with Crippen LogP contribution in [-0.4, -0.2) is 33.0 Å². The van der Waals surface area contributed by atoms with E-state index in [0.717, 1.165) is 54.0 Å². The lowest BCUT2D eigenvalue weighted by molar-refractivity contribution is -0.141. The summed E-state index contributed by atoms with van der Waals surface area (Å²) in [5.74, 6) is 1.58. The lowest BCUT2D eigenvalue weighted by atomic mass is 9.48. The average Bonchev–Trinajstić information content (AvgIpc) is 3.29. The van der Waals surface area contributed by atoms with E-state index in [1.807, 2.05) is 61.1 Å². The molecule has 1 aliphatic heterocycles. The van der Waals surface area contributed by atoms with Crippen molar-refractivity contribution < 1.29 is 9.59 Å². The van der Waals surface area contributed by atoms with Gasteiger partial charge in [-0.15, -0.1) is 0 Å². The molecule has 0 unspecified atom stereocenters. The van der Waals surface area contributed by atoms with Crippen molar-refractivity contribution in [3.8, 4) is 11.8 Å². The molecule has 0 atom stereocenters. The number of benzene rings is 1. The summed E-state index contributed by atoms with van der Waals surface area (Å²) in [7, 11) is 0. The number of aromatic nitrogens is 2. The molecule has 6 heteroatoms. The van der Waals surface area contributed by atoms with Crippen molar-refractivity contribution in [1.82, 2.24) is 14.7 Å². The van der Waals surface area contributed by atoms with Gasteiger partial charge in [0.1, 0.15) is 11.6 Å². The molecule has 4 bridgehead atoms. The Labute approximate surface area is 218 Å². The Kier molecular flexibility index (Phi) is 5.71. The van der Waals surface area contributed by atoms with Crippen molar-refractivity contribution in [2.24, 2.45) is 23.7 Å². The maximum atomic E-state index is 13.6. The van der Waals surface area contributed by atoms with Crippen molar-refractivity contribution in [2.45, 2.75) is 64.7 Å². The van der Waals surface area contributed by atoms with Crippen molar-refractivity contribution in [2.75, 3.05) is 6.54 Å². The van der Waals surface area contributed by atoms with Crippen molar-refractivity contribution in [3.05, 3.63) is 64.5 Å². The molecule has 5 aliphatic rings. The molecule has 4 fully saturated rings. The number of nitriles is 1. The van der Waals surface area contributed by atoms with Gasteiger partial charge in [-0.05, 0) is 92.9 Å². The Morgan fingerprint density at radius 1 is 1.05 bits per heavy atom. The monoisotopic (exact) mass is 494 g/mol. The Bertz CT molecular complexity index is 1340. The quantitative estimate of drug-likeness (QED) is 0.401. The predicted octanol–water partition coefficient (Wildman–Crippen LogP) is 5.59. The minimum Gasteiger partial charge on any atom is -0.273 e. The van der Waals surface area contributed by atoms with Gasteiger partial charge in [-0.3, -0.25) is 14.5 Å². The van der Waals surface area contributed by atoms with Gasteiger partial charge in [-0.25, -0.2) is 4.68 Å². The van der Waals surface area contributed by atoms with E-state index in [1.54, 1.807) is 6.92 Å². The summed E-state index contributed by atoms with van der Waals surface area (Å²) < 4.78 is 1.94. The first-order chi connectivity index (χ1) is 17.8. The summed E-state index contributed by atoms with van der Waals surface area (Å²) >= 11 is 0. The fraction of sp³-hybridized carbons (Fsp3) is 0.484. The number of hydrogen-bond acceptors (Lipinski definition) is 4. The molecule has 37 heavy (non-hydrogen) atoms. The smallest absolute Gasteiger partial charge is 0.271 e. The van der Waals surface area contributed by atoms with Gasteiger partial charge in [-0.2, -0.15) is 10.4 Å². The summed E-state index contributed by atoms with van der Waals surface area (Å²) in [6.07, 6.45) is 11.4. The van der Waals surface area contributed by atoms with Crippen LogP contribution in [-0.2, 0) is 15.0 Å². The molecule has 2 heterocycles. The lowest BCUT2D eigenvalue weighted by Gasteiger charge is -2.56. The van der Waals surface area contributed by atoms with Crippen LogP contribution in [0, 0.1) is 35.0 Å². The molecular weight excluding hydrogens is 460 g/mol. The second-order valence-corrected chi connectivity index (χ2v) is 12.2. The number of carbonyl (C=O) groups is 2. The third-order valence-corrected chi connectivity index (χ3v) is 8.98. The molecule has 0 N–H and O–H groups in total. The summed E-state index contributed by atoms with van der Waals surface area (Å²) in [5.41, 5.74) is 3.96. The Morgan fingerprint density at radius 2 is 1.68 bits per heavy atom. The highest BCUT2D eigenvalue weighted by molar-refractivity contribution is 6.19. The van der Waals surface area contributed by atoms with Gasteiger partial charge in [0.2, 0.25) is 0 Å². The topological polar surface area (TPSA) is 79.0 Å². The van der Waals surface area contributed by atoms with E-state index in [0.29, 0.717) is 17.7 Å².